The van der Waals surface area contributed by atoms with Crippen LogP contribution in [0.4, 0.5) is 0 Å². The molecule has 11 heavy (non-hydrogen) atoms. The summed E-state index contributed by atoms with van der Waals surface area (Å²) in [5.41, 5.74) is 0.120. The maximum Gasteiger partial charge on any atom is 0.151 e. The quantitative estimate of drug-likeness (QED) is 0.654. The molecule has 0 unspecified atom stereocenters. The molecule has 0 aromatic heterocycles. The Balaban J connectivity index is 2.37. The largest absolute Gasteiger partial charge is 0.229 e. The van der Waals surface area contributed by atoms with E-state index in [1.54, 1.807) is 0 Å². The second-order valence-corrected chi connectivity index (χ2v) is 6.01. The standard InChI is InChI=1S/C8H16O2S/c1-3-4-5-8(2)6-11(9,10)7-8/h3-7H2,1-2H3. The summed E-state index contributed by atoms with van der Waals surface area (Å²) >= 11 is 0. The van der Waals surface area contributed by atoms with Crippen LogP contribution in [0, 0.1) is 5.41 Å². The van der Waals surface area contributed by atoms with Crippen LogP contribution in [0.25, 0.3) is 0 Å². The molecule has 0 atom stereocenters. The number of hydrogen-bond acceptors (Lipinski definition) is 2. The topological polar surface area (TPSA) is 34.1 Å². The average molecular weight is 176 g/mol. The fourth-order valence-corrected chi connectivity index (χ4v) is 4.10. The Morgan fingerprint density at radius 2 is 1.91 bits per heavy atom. The molecule has 0 saturated carbocycles. The van der Waals surface area contributed by atoms with Gasteiger partial charge in [-0.15, -0.1) is 0 Å². The molecule has 1 saturated heterocycles. The van der Waals surface area contributed by atoms with Crippen molar-refractivity contribution in [1.29, 1.82) is 0 Å². The fourth-order valence-electron chi connectivity index (χ4n) is 1.77. The summed E-state index contributed by atoms with van der Waals surface area (Å²) in [6.07, 6.45) is 3.39. The van der Waals surface area contributed by atoms with Crippen molar-refractivity contribution in [2.45, 2.75) is 33.1 Å². The third-order valence-corrected chi connectivity index (χ3v) is 4.54. The van der Waals surface area contributed by atoms with Crippen molar-refractivity contribution in [3.05, 3.63) is 0 Å². The van der Waals surface area contributed by atoms with Crippen molar-refractivity contribution >= 4 is 9.84 Å². The van der Waals surface area contributed by atoms with Crippen LogP contribution < -0.4 is 0 Å². The summed E-state index contributed by atoms with van der Waals surface area (Å²) < 4.78 is 21.7. The molecule has 0 spiro atoms. The van der Waals surface area contributed by atoms with Crippen LogP contribution in [0.1, 0.15) is 33.1 Å². The highest BCUT2D eigenvalue weighted by Crippen LogP contribution is 2.36. The molecule has 0 amide bonds. The lowest BCUT2D eigenvalue weighted by Crippen LogP contribution is -2.46. The Labute approximate surface area is 68.9 Å². The zero-order valence-electron chi connectivity index (χ0n) is 7.26. The molecule has 0 N–H and O–H groups in total. The summed E-state index contributed by atoms with van der Waals surface area (Å²) in [6.45, 7) is 4.21. The summed E-state index contributed by atoms with van der Waals surface area (Å²) in [4.78, 5) is 0. The first kappa shape index (κ1) is 9.04. The number of sulfone groups is 1. The van der Waals surface area contributed by atoms with Gasteiger partial charge in [0.25, 0.3) is 0 Å². The van der Waals surface area contributed by atoms with Crippen molar-refractivity contribution in [1.82, 2.24) is 0 Å². The third kappa shape index (κ3) is 2.19. The average Bonchev–Trinajstić information content (AvgIpc) is 1.79. The highest BCUT2D eigenvalue weighted by atomic mass is 32.2. The van der Waals surface area contributed by atoms with Gasteiger partial charge in [0, 0.05) is 0 Å². The normalized spacial score (nSPS) is 26.0. The second-order valence-electron chi connectivity index (χ2n) is 3.95. The van der Waals surface area contributed by atoms with Gasteiger partial charge in [0.2, 0.25) is 0 Å². The Morgan fingerprint density at radius 3 is 2.27 bits per heavy atom. The van der Waals surface area contributed by atoms with Gasteiger partial charge in [-0.2, -0.15) is 0 Å². The SMILES string of the molecule is CCCCC1(C)CS(=O)(=O)C1. The molecule has 1 fully saturated rings. The monoisotopic (exact) mass is 176 g/mol. The minimum atomic E-state index is -2.62. The van der Waals surface area contributed by atoms with E-state index in [2.05, 4.69) is 13.8 Å². The zero-order chi connectivity index (χ0) is 8.54. The van der Waals surface area contributed by atoms with Gasteiger partial charge in [0.1, 0.15) is 0 Å². The van der Waals surface area contributed by atoms with E-state index in [1.165, 1.54) is 0 Å². The summed E-state index contributed by atoms with van der Waals surface area (Å²) in [5, 5.41) is 0. The molecule has 66 valence electrons. The number of hydrogen-bond donors (Lipinski definition) is 0. The van der Waals surface area contributed by atoms with Crippen LogP contribution in [0.3, 0.4) is 0 Å². The predicted octanol–water partition coefficient (Wildman–Crippen LogP) is 1.61. The molecule has 3 heteroatoms. The van der Waals surface area contributed by atoms with Crippen molar-refractivity contribution < 1.29 is 8.42 Å². The highest BCUT2D eigenvalue weighted by Gasteiger charge is 2.43. The Bertz CT molecular complexity index is 216. The molecule has 0 aromatic carbocycles. The van der Waals surface area contributed by atoms with E-state index in [1.807, 2.05) is 0 Å². The first-order valence-electron chi connectivity index (χ1n) is 4.18. The lowest BCUT2D eigenvalue weighted by atomic mass is 9.88. The maximum absolute atomic E-state index is 10.9. The number of rotatable bonds is 3. The lowest BCUT2D eigenvalue weighted by Gasteiger charge is -2.37. The van der Waals surface area contributed by atoms with Gasteiger partial charge in [-0.05, 0) is 11.8 Å². The maximum atomic E-state index is 10.9. The summed E-state index contributed by atoms with van der Waals surface area (Å²) in [5.74, 6) is 0.833. The number of unbranched alkanes of at least 4 members (excludes halogenated alkanes) is 1. The molecule has 1 rings (SSSR count). The van der Waals surface area contributed by atoms with Gasteiger partial charge in [0.15, 0.2) is 9.84 Å². The second kappa shape index (κ2) is 2.77. The molecule has 1 heterocycles. The van der Waals surface area contributed by atoms with E-state index < -0.39 is 9.84 Å². The van der Waals surface area contributed by atoms with Crippen molar-refractivity contribution in [3.8, 4) is 0 Å². The van der Waals surface area contributed by atoms with Gasteiger partial charge >= 0.3 is 0 Å². The zero-order valence-corrected chi connectivity index (χ0v) is 8.08. The third-order valence-electron chi connectivity index (χ3n) is 2.27. The van der Waals surface area contributed by atoms with Gasteiger partial charge in [0.05, 0.1) is 11.5 Å². The van der Waals surface area contributed by atoms with E-state index in [0.717, 1.165) is 19.3 Å². The highest BCUT2D eigenvalue weighted by molar-refractivity contribution is 7.92. The molecule has 2 nitrogen and oxygen atoms in total. The smallest absolute Gasteiger partial charge is 0.151 e. The van der Waals surface area contributed by atoms with Gasteiger partial charge < -0.3 is 0 Å². The van der Waals surface area contributed by atoms with Gasteiger partial charge in [-0.1, -0.05) is 26.7 Å². The van der Waals surface area contributed by atoms with Crippen LogP contribution in [0.2, 0.25) is 0 Å². The van der Waals surface area contributed by atoms with E-state index in [0.29, 0.717) is 11.5 Å². The van der Waals surface area contributed by atoms with Crippen molar-refractivity contribution in [3.63, 3.8) is 0 Å². The van der Waals surface area contributed by atoms with Crippen LogP contribution in [0.5, 0.6) is 0 Å². The van der Waals surface area contributed by atoms with Crippen LogP contribution in [-0.2, 0) is 9.84 Å². The van der Waals surface area contributed by atoms with E-state index >= 15 is 0 Å². The van der Waals surface area contributed by atoms with Crippen molar-refractivity contribution in [2.75, 3.05) is 11.5 Å². The lowest BCUT2D eigenvalue weighted by molar-refractivity contribution is 0.331. The van der Waals surface area contributed by atoms with E-state index in [9.17, 15) is 8.42 Å². The Hall–Kier alpha value is -0.0500. The molecule has 1 aliphatic heterocycles. The molecule has 1 aliphatic rings. The van der Waals surface area contributed by atoms with Crippen LogP contribution in [-0.4, -0.2) is 19.9 Å². The molecular weight excluding hydrogens is 160 g/mol. The van der Waals surface area contributed by atoms with E-state index in [4.69, 9.17) is 0 Å². The predicted molar refractivity (Wildman–Crippen MR) is 46.3 cm³/mol. The Kier molecular flexibility index (Phi) is 2.28. The summed E-state index contributed by atoms with van der Waals surface area (Å²) in [7, 11) is -2.62. The summed E-state index contributed by atoms with van der Waals surface area (Å²) in [6, 6.07) is 0. The van der Waals surface area contributed by atoms with Crippen LogP contribution >= 0.6 is 0 Å². The minimum absolute atomic E-state index is 0.120. The van der Waals surface area contributed by atoms with Crippen molar-refractivity contribution in [2.24, 2.45) is 5.41 Å². The molecule has 0 aromatic rings. The van der Waals surface area contributed by atoms with Crippen LogP contribution in [0.15, 0.2) is 0 Å². The first-order chi connectivity index (χ1) is 4.97. The first-order valence-corrected chi connectivity index (χ1v) is 6.00. The minimum Gasteiger partial charge on any atom is -0.229 e. The van der Waals surface area contributed by atoms with E-state index in [-0.39, 0.29) is 5.41 Å². The van der Waals surface area contributed by atoms with Gasteiger partial charge in [-0.25, -0.2) is 8.42 Å². The molecule has 0 radical (unpaired) electrons. The molecule has 0 bridgehead atoms. The molecular formula is C8H16O2S. The van der Waals surface area contributed by atoms with Gasteiger partial charge in [-0.3, -0.25) is 0 Å². The Morgan fingerprint density at radius 1 is 1.36 bits per heavy atom. The fraction of sp³-hybridized carbons (Fsp3) is 1.00. The molecule has 0 aliphatic carbocycles.